The van der Waals surface area contributed by atoms with E-state index in [9.17, 15) is 9.90 Å². The van der Waals surface area contributed by atoms with E-state index in [1.165, 1.54) is 22.3 Å². The monoisotopic (exact) mass is 454 g/mol. The summed E-state index contributed by atoms with van der Waals surface area (Å²) in [6.45, 7) is 6.67. The number of rotatable bonds is 6. The molecule has 0 aromatic heterocycles. The van der Waals surface area contributed by atoms with Crippen LogP contribution in [0.4, 0.5) is 0 Å². The van der Waals surface area contributed by atoms with Gasteiger partial charge >= 0.3 is 0 Å². The highest BCUT2D eigenvalue weighted by Gasteiger charge is 2.40. The molecule has 4 heteroatoms. The van der Waals surface area contributed by atoms with Crippen LogP contribution in [0.15, 0.2) is 66.7 Å². The number of aromatic hydroxyl groups is 1. The number of aryl methyl sites for hydroxylation is 1. The van der Waals surface area contributed by atoms with Gasteiger partial charge in [0.1, 0.15) is 5.75 Å². The number of nitrogens with one attached hydrogen (secondary N) is 1. The second kappa shape index (κ2) is 9.63. The quantitative estimate of drug-likeness (QED) is 0.513. The summed E-state index contributed by atoms with van der Waals surface area (Å²) in [5.74, 6) is 0.698. The third-order valence-electron chi connectivity index (χ3n) is 7.64. The maximum Gasteiger partial charge on any atom is 0.228 e. The normalized spacial score (nSPS) is 20.2. The van der Waals surface area contributed by atoms with Crippen LogP contribution in [0, 0.1) is 19.8 Å². The van der Waals surface area contributed by atoms with Crippen molar-refractivity contribution in [2.24, 2.45) is 5.92 Å². The Balaban J connectivity index is 1.42. The predicted octanol–water partition coefficient (Wildman–Crippen LogP) is 5.56. The van der Waals surface area contributed by atoms with Crippen molar-refractivity contribution in [1.29, 1.82) is 0 Å². The molecule has 0 bridgehead atoms. The van der Waals surface area contributed by atoms with Gasteiger partial charge < -0.3 is 15.3 Å². The standard InChI is InChI=1S/C30H34N2O2/c1-20-5-3-8-25(21(20)2)19-32(26-11-12-26)30(34)29-18-31-16-15-28(29)24-7-4-6-23(17-24)22-9-13-27(33)14-10-22/h3-10,13-14,17,26,28-29,31,33H,11-12,15-16,18-19H2,1-2H3/t28-,29+/m1/s1. The fourth-order valence-corrected chi connectivity index (χ4v) is 5.27. The molecule has 3 aromatic rings. The molecule has 34 heavy (non-hydrogen) atoms. The molecule has 5 rings (SSSR count). The van der Waals surface area contributed by atoms with Gasteiger partial charge in [-0.15, -0.1) is 0 Å². The van der Waals surface area contributed by atoms with Crippen LogP contribution in [0.5, 0.6) is 5.75 Å². The van der Waals surface area contributed by atoms with Crippen LogP contribution in [-0.2, 0) is 11.3 Å². The van der Waals surface area contributed by atoms with Crippen LogP contribution >= 0.6 is 0 Å². The molecule has 1 saturated heterocycles. The average molecular weight is 455 g/mol. The van der Waals surface area contributed by atoms with Gasteiger partial charge in [-0.3, -0.25) is 4.79 Å². The Morgan fingerprint density at radius 3 is 2.50 bits per heavy atom. The molecule has 1 heterocycles. The number of carbonyl (C=O) groups is 1. The average Bonchev–Trinajstić information content (AvgIpc) is 3.70. The molecule has 1 aliphatic carbocycles. The lowest BCUT2D eigenvalue weighted by Gasteiger charge is -2.36. The maximum atomic E-state index is 14.0. The minimum Gasteiger partial charge on any atom is -0.508 e. The molecule has 1 aliphatic heterocycles. The lowest BCUT2D eigenvalue weighted by atomic mass is 9.79. The summed E-state index contributed by atoms with van der Waals surface area (Å²) in [6, 6.07) is 22.7. The summed E-state index contributed by atoms with van der Waals surface area (Å²) in [4.78, 5) is 16.2. The molecule has 176 valence electrons. The van der Waals surface area contributed by atoms with Crippen molar-refractivity contribution in [3.8, 4) is 16.9 Å². The van der Waals surface area contributed by atoms with Crippen molar-refractivity contribution in [3.63, 3.8) is 0 Å². The topological polar surface area (TPSA) is 52.6 Å². The van der Waals surface area contributed by atoms with Gasteiger partial charge in [0.05, 0.1) is 5.92 Å². The van der Waals surface area contributed by atoms with Crippen LogP contribution in [0.3, 0.4) is 0 Å². The first-order valence-electron chi connectivity index (χ1n) is 12.5. The zero-order chi connectivity index (χ0) is 23.7. The van der Waals surface area contributed by atoms with Crippen molar-refractivity contribution >= 4 is 5.91 Å². The van der Waals surface area contributed by atoms with E-state index in [0.29, 0.717) is 12.6 Å². The molecule has 0 radical (unpaired) electrons. The second-order valence-corrected chi connectivity index (χ2v) is 9.93. The van der Waals surface area contributed by atoms with Crippen LogP contribution < -0.4 is 5.32 Å². The third-order valence-corrected chi connectivity index (χ3v) is 7.64. The number of phenols is 1. The van der Waals surface area contributed by atoms with E-state index in [2.05, 4.69) is 66.5 Å². The summed E-state index contributed by atoms with van der Waals surface area (Å²) in [6.07, 6.45) is 3.17. The van der Waals surface area contributed by atoms with Gasteiger partial charge in [0, 0.05) is 19.1 Å². The van der Waals surface area contributed by atoms with Crippen molar-refractivity contribution in [3.05, 3.63) is 89.0 Å². The molecule has 0 unspecified atom stereocenters. The van der Waals surface area contributed by atoms with Crippen molar-refractivity contribution in [2.75, 3.05) is 13.1 Å². The fraction of sp³-hybridized carbons (Fsp3) is 0.367. The van der Waals surface area contributed by atoms with Crippen molar-refractivity contribution in [2.45, 2.75) is 51.6 Å². The van der Waals surface area contributed by atoms with Gasteiger partial charge in [0.25, 0.3) is 0 Å². The molecule has 1 amide bonds. The lowest BCUT2D eigenvalue weighted by molar-refractivity contribution is -0.138. The third kappa shape index (κ3) is 4.74. The summed E-state index contributed by atoms with van der Waals surface area (Å²) in [5.41, 5.74) is 7.26. The Kier molecular flexibility index (Phi) is 6.42. The lowest BCUT2D eigenvalue weighted by Crippen LogP contribution is -2.47. The molecule has 2 N–H and O–H groups in total. The zero-order valence-electron chi connectivity index (χ0n) is 20.1. The molecular formula is C30H34N2O2. The smallest absolute Gasteiger partial charge is 0.228 e. The van der Waals surface area contributed by atoms with Crippen LogP contribution in [0.25, 0.3) is 11.1 Å². The van der Waals surface area contributed by atoms with Crippen molar-refractivity contribution < 1.29 is 9.90 Å². The first-order chi connectivity index (χ1) is 16.5. The summed E-state index contributed by atoms with van der Waals surface area (Å²) < 4.78 is 0. The number of nitrogens with zero attached hydrogens (tertiary/aromatic N) is 1. The maximum absolute atomic E-state index is 14.0. The molecule has 4 nitrogen and oxygen atoms in total. The zero-order valence-corrected chi connectivity index (χ0v) is 20.1. The summed E-state index contributed by atoms with van der Waals surface area (Å²) >= 11 is 0. The van der Waals surface area contributed by atoms with E-state index >= 15 is 0 Å². The summed E-state index contributed by atoms with van der Waals surface area (Å²) in [5, 5.41) is 13.1. The van der Waals surface area contributed by atoms with Crippen LogP contribution in [-0.4, -0.2) is 35.0 Å². The number of hydrogen-bond acceptors (Lipinski definition) is 3. The van der Waals surface area contributed by atoms with Crippen LogP contribution in [0.1, 0.15) is 47.4 Å². The molecule has 2 atom stereocenters. The second-order valence-electron chi connectivity index (χ2n) is 9.93. The van der Waals surface area contributed by atoms with Crippen molar-refractivity contribution in [1.82, 2.24) is 10.2 Å². The van der Waals surface area contributed by atoms with Gasteiger partial charge in [0.15, 0.2) is 0 Å². The first-order valence-corrected chi connectivity index (χ1v) is 12.5. The highest BCUT2D eigenvalue weighted by molar-refractivity contribution is 5.81. The number of piperidine rings is 1. The molecule has 2 fully saturated rings. The van der Waals surface area contributed by atoms with E-state index in [0.717, 1.165) is 43.5 Å². The van der Waals surface area contributed by atoms with Gasteiger partial charge in [-0.2, -0.15) is 0 Å². The molecular weight excluding hydrogens is 420 g/mol. The number of phenolic OH excluding ortho intramolecular Hbond substituents is 1. The van der Waals surface area contributed by atoms with Gasteiger partial charge in [-0.25, -0.2) is 0 Å². The largest absolute Gasteiger partial charge is 0.508 e. The van der Waals surface area contributed by atoms with E-state index in [4.69, 9.17) is 0 Å². The Bertz CT molecular complexity index is 1170. The number of amides is 1. The van der Waals surface area contributed by atoms with E-state index in [1.807, 2.05) is 12.1 Å². The Hall–Kier alpha value is -3.11. The summed E-state index contributed by atoms with van der Waals surface area (Å²) in [7, 11) is 0. The minimum absolute atomic E-state index is 0.0606. The molecule has 0 spiro atoms. The van der Waals surface area contributed by atoms with E-state index in [1.54, 1.807) is 12.1 Å². The molecule has 1 saturated carbocycles. The Morgan fingerprint density at radius 1 is 0.971 bits per heavy atom. The highest BCUT2D eigenvalue weighted by Crippen LogP contribution is 2.37. The number of benzene rings is 3. The fourth-order valence-electron chi connectivity index (χ4n) is 5.27. The van der Waals surface area contributed by atoms with Gasteiger partial charge in [-0.05, 0) is 91.1 Å². The Labute approximate surface area is 202 Å². The predicted molar refractivity (Wildman–Crippen MR) is 137 cm³/mol. The molecule has 3 aromatic carbocycles. The van der Waals surface area contributed by atoms with E-state index < -0.39 is 0 Å². The van der Waals surface area contributed by atoms with E-state index in [-0.39, 0.29) is 23.5 Å². The van der Waals surface area contributed by atoms with Gasteiger partial charge in [-0.1, -0.05) is 54.6 Å². The molecule has 2 aliphatic rings. The SMILES string of the molecule is Cc1cccc(CN(C(=O)[C@H]2CNCC[C@@H]2c2cccc(-c3ccc(O)cc3)c2)C2CC2)c1C. The highest BCUT2D eigenvalue weighted by atomic mass is 16.3. The first kappa shape index (κ1) is 22.7. The van der Waals surface area contributed by atoms with Crippen LogP contribution in [0.2, 0.25) is 0 Å². The Morgan fingerprint density at radius 2 is 1.74 bits per heavy atom. The number of hydrogen-bond donors (Lipinski definition) is 2. The minimum atomic E-state index is -0.0606. The van der Waals surface area contributed by atoms with Gasteiger partial charge in [0.2, 0.25) is 5.91 Å². The number of carbonyl (C=O) groups excluding carboxylic acids is 1.